The smallest absolute Gasteiger partial charge is 0.307 e. The van der Waals surface area contributed by atoms with Crippen molar-refractivity contribution in [1.82, 2.24) is 4.90 Å². The van der Waals surface area contributed by atoms with Gasteiger partial charge in [-0.3, -0.25) is 29.8 Å². The summed E-state index contributed by atoms with van der Waals surface area (Å²) in [6, 6.07) is 22.6. The lowest BCUT2D eigenvalue weighted by Gasteiger charge is -2.25. The maximum Gasteiger partial charge on any atom is 0.307 e. The van der Waals surface area contributed by atoms with Crippen LogP contribution in [0.25, 0.3) is 0 Å². The van der Waals surface area contributed by atoms with Crippen LogP contribution in [0.2, 0.25) is 10.0 Å². The van der Waals surface area contributed by atoms with Crippen LogP contribution in [-0.4, -0.2) is 105 Å². The second-order valence-electron chi connectivity index (χ2n) is 14.6. The Morgan fingerprint density at radius 3 is 1.37 bits per heavy atom. The molecule has 0 aliphatic rings. The van der Waals surface area contributed by atoms with Crippen molar-refractivity contribution in [3.05, 3.63) is 115 Å². The van der Waals surface area contributed by atoms with Gasteiger partial charge < -0.3 is 33.6 Å². The third kappa shape index (κ3) is 18.6. The highest BCUT2D eigenvalue weighted by atomic mass is 35.5. The van der Waals surface area contributed by atoms with Gasteiger partial charge in [0.15, 0.2) is 6.29 Å². The number of anilines is 2. The van der Waals surface area contributed by atoms with E-state index in [-0.39, 0.29) is 65.7 Å². The van der Waals surface area contributed by atoms with Crippen LogP contribution in [0.3, 0.4) is 0 Å². The van der Waals surface area contributed by atoms with Gasteiger partial charge in [-0.2, -0.15) is 10.2 Å². The van der Waals surface area contributed by atoms with Crippen LogP contribution < -0.4 is 9.80 Å². The van der Waals surface area contributed by atoms with E-state index in [1.165, 1.54) is 36.4 Å². The summed E-state index contributed by atoms with van der Waals surface area (Å²) in [7, 11) is 0. The fraction of sp³-hybridized carbons (Fsp3) is 0.435. The van der Waals surface area contributed by atoms with E-state index in [0.717, 1.165) is 17.8 Å². The molecule has 0 spiro atoms. The zero-order chi connectivity index (χ0) is 48.6. The third-order valence-corrected chi connectivity index (χ3v) is 10.8. The molecule has 0 aromatic heterocycles. The number of carbonyl (C=O) groups excluding carboxylic acids is 2. The first-order valence-electron chi connectivity index (χ1n) is 22.0. The molecule has 4 aromatic carbocycles. The van der Waals surface area contributed by atoms with Gasteiger partial charge in [0.2, 0.25) is 0 Å². The van der Waals surface area contributed by atoms with E-state index in [0.29, 0.717) is 88.2 Å². The summed E-state index contributed by atoms with van der Waals surface area (Å²) in [5.74, 6) is -0.703. The predicted octanol–water partition coefficient (Wildman–Crippen LogP) is 11.3. The molecule has 67 heavy (non-hydrogen) atoms. The minimum Gasteiger partial charge on any atom is -0.464 e. The molecule has 0 amide bonds. The number of rotatable bonds is 30. The second-order valence-corrected chi connectivity index (χ2v) is 15.5. The standard InChI is InChI=1S/C46H57Cl2N9O10/c1-5-54(36-15-11-34(12-16-36)49-51-42-21-19-38(56(60)61)32-40(42)47)28-30-66-44(58)23-26-53(25-9-10-46(64-7-3)65-8-4)27-24-45(59)67-31-29-55(6-2)37-17-13-35(14-18-37)50-52-43-22-20-39(57(62)63)33-41(43)48/h11-22,32-33,46H,5-10,23-31H2,1-4H3/b51-49+,52-50+. The normalized spacial score (nSPS) is 11.5. The van der Waals surface area contributed by atoms with Crippen LogP contribution in [0.5, 0.6) is 0 Å². The number of carbonyl (C=O) groups is 2. The average Bonchev–Trinajstić information content (AvgIpc) is 3.32. The van der Waals surface area contributed by atoms with E-state index in [1.807, 2.05) is 52.0 Å². The van der Waals surface area contributed by atoms with Crippen molar-refractivity contribution in [3.8, 4) is 0 Å². The fourth-order valence-electron chi connectivity index (χ4n) is 6.59. The highest BCUT2D eigenvalue weighted by Gasteiger charge is 2.17. The van der Waals surface area contributed by atoms with Gasteiger partial charge >= 0.3 is 11.9 Å². The van der Waals surface area contributed by atoms with Crippen LogP contribution in [-0.2, 0) is 28.5 Å². The summed E-state index contributed by atoms with van der Waals surface area (Å²) in [6.07, 6.45) is 1.32. The third-order valence-electron chi connectivity index (χ3n) is 10.2. The molecule has 0 radical (unpaired) electrons. The Labute approximate surface area is 399 Å². The summed E-state index contributed by atoms with van der Waals surface area (Å²) in [4.78, 5) is 53.0. The Morgan fingerprint density at radius 1 is 0.597 bits per heavy atom. The molecule has 0 saturated heterocycles. The molecule has 0 bridgehead atoms. The summed E-state index contributed by atoms with van der Waals surface area (Å²) in [6.45, 7) is 12.8. The van der Waals surface area contributed by atoms with Crippen molar-refractivity contribution in [2.24, 2.45) is 20.5 Å². The predicted molar refractivity (Wildman–Crippen MR) is 257 cm³/mol. The average molecular weight is 967 g/mol. The zero-order valence-electron chi connectivity index (χ0n) is 38.1. The molecule has 0 unspecified atom stereocenters. The number of likely N-dealkylation sites (N-methyl/N-ethyl adjacent to an activating group) is 2. The van der Waals surface area contributed by atoms with Crippen molar-refractivity contribution in [2.75, 3.05) is 82.0 Å². The fourth-order valence-corrected chi connectivity index (χ4v) is 7.02. The van der Waals surface area contributed by atoms with E-state index < -0.39 is 9.85 Å². The Balaban J connectivity index is 1.23. The molecule has 21 heteroatoms. The summed E-state index contributed by atoms with van der Waals surface area (Å²) in [5.41, 5.74) is 3.26. The van der Waals surface area contributed by atoms with Crippen molar-refractivity contribution < 1.29 is 38.4 Å². The van der Waals surface area contributed by atoms with Crippen molar-refractivity contribution >= 4 is 80.6 Å². The number of azo groups is 2. The van der Waals surface area contributed by atoms with E-state index in [1.54, 1.807) is 24.3 Å². The number of ether oxygens (including phenoxy) is 4. The number of hydrogen-bond acceptors (Lipinski definition) is 17. The van der Waals surface area contributed by atoms with E-state index in [9.17, 15) is 29.8 Å². The topological polar surface area (TPSA) is 216 Å². The maximum atomic E-state index is 13.0. The number of halogens is 2. The molecule has 19 nitrogen and oxygen atoms in total. The Hall–Kier alpha value is -6.12. The highest BCUT2D eigenvalue weighted by molar-refractivity contribution is 6.33. The largest absolute Gasteiger partial charge is 0.464 e. The lowest BCUT2D eigenvalue weighted by atomic mass is 10.2. The van der Waals surface area contributed by atoms with Crippen LogP contribution in [0, 0.1) is 20.2 Å². The SMILES string of the molecule is CCOC(CCCN(CCC(=O)OCCN(CC)c1ccc(/N=N/c2ccc([N+](=O)[O-])cc2Cl)cc1)CCC(=O)OCCN(CC)c1ccc(/N=N/c2ccc([N+](=O)[O-])cc2Cl)cc1)OCC. The van der Waals surface area contributed by atoms with Gasteiger partial charge in [-0.15, -0.1) is 10.2 Å². The first-order chi connectivity index (χ1) is 32.3. The van der Waals surface area contributed by atoms with Crippen LogP contribution in [0.1, 0.15) is 53.4 Å². The van der Waals surface area contributed by atoms with E-state index in [2.05, 4.69) is 35.2 Å². The lowest BCUT2D eigenvalue weighted by molar-refractivity contribution is -0.385. The Bertz CT molecular complexity index is 2120. The quantitative estimate of drug-likeness (QED) is 0.0156. The summed E-state index contributed by atoms with van der Waals surface area (Å²) < 4.78 is 22.7. The molecule has 0 fully saturated rings. The molecule has 4 aromatic rings. The molecule has 0 heterocycles. The second kappa shape index (κ2) is 28.8. The van der Waals surface area contributed by atoms with E-state index in [4.69, 9.17) is 42.1 Å². The first kappa shape index (κ1) is 53.5. The van der Waals surface area contributed by atoms with Crippen LogP contribution in [0.4, 0.5) is 45.5 Å². The van der Waals surface area contributed by atoms with Gasteiger partial charge in [0.1, 0.15) is 24.6 Å². The van der Waals surface area contributed by atoms with Gasteiger partial charge in [-0.1, -0.05) is 23.2 Å². The van der Waals surface area contributed by atoms with Crippen molar-refractivity contribution in [2.45, 2.75) is 59.7 Å². The van der Waals surface area contributed by atoms with Gasteiger partial charge in [0.25, 0.3) is 11.4 Å². The number of nitro groups is 2. The highest BCUT2D eigenvalue weighted by Crippen LogP contribution is 2.32. The number of esters is 2. The number of hydrogen-bond donors (Lipinski definition) is 0. The Kier molecular flexibility index (Phi) is 23.0. The molecule has 0 aliphatic heterocycles. The molecule has 4 rings (SSSR count). The first-order valence-corrected chi connectivity index (χ1v) is 22.8. The monoisotopic (exact) mass is 965 g/mol. The van der Waals surface area contributed by atoms with Crippen LogP contribution >= 0.6 is 23.2 Å². The van der Waals surface area contributed by atoms with Gasteiger partial charge in [0.05, 0.1) is 57.2 Å². The molecule has 0 N–H and O–H groups in total. The number of non-ortho nitro benzene ring substituents is 2. The molecular formula is C46H57Cl2N9O10. The summed E-state index contributed by atoms with van der Waals surface area (Å²) in [5, 5.41) is 38.8. The van der Waals surface area contributed by atoms with Crippen molar-refractivity contribution in [3.63, 3.8) is 0 Å². The van der Waals surface area contributed by atoms with Gasteiger partial charge in [-0.25, -0.2) is 0 Å². The molecule has 0 aliphatic carbocycles. The van der Waals surface area contributed by atoms with Gasteiger partial charge in [-0.05, 0) is 108 Å². The number of nitrogens with zero attached hydrogens (tertiary/aromatic N) is 9. The van der Waals surface area contributed by atoms with E-state index >= 15 is 0 Å². The molecule has 0 atom stereocenters. The maximum absolute atomic E-state index is 13.0. The lowest BCUT2D eigenvalue weighted by Crippen LogP contribution is -2.33. The zero-order valence-corrected chi connectivity index (χ0v) is 39.6. The molecule has 0 saturated carbocycles. The Morgan fingerprint density at radius 2 is 1.01 bits per heavy atom. The van der Waals surface area contributed by atoms with Gasteiger partial charge in [0, 0.05) is 75.0 Å². The minimum absolute atomic E-state index is 0.120. The molecular weight excluding hydrogens is 909 g/mol. The number of benzene rings is 4. The van der Waals surface area contributed by atoms with Crippen LogP contribution in [0.15, 0.2) is 105 Å². The number of nitro benzene ring substituents is 2. The minimum atomic E-state index is -0.533. The molecule has 360 valence electrons. The summed E-state index contributed by atoms with van der Waals surface area (Å²) >= 11 is 12.3. The van der Waals surface area contributed by atoms with Crippen molar-refractivity contribution in [1.29, 1.82) is 0 Å².